The summed E-state index contributed by atoms with van der Waals surface area (Å²) in [7, 11) is -3.44. The summed E-state index contributed by atoms with van der Waals surface area (Å²) in [6.07, 6.45) is 4.07. The Morgan fingerprint density at radius 1 is 1.47 bits per heavy atom. The first-order valence-electron chi connectivity index (χ1n) is 5.53. The molecule has 1 fully saturated rings. The molecule has 4 nitrogen and oxygen atoms in total. The van der Waals surface area contributed by atoms with E-state index in [0.29, 0.717) is 6.42 Å². The predicted octanol–water partition coefficient (Wildman–Crippen LogP) is 1.42. The van der Waals surface area contributed by atoms with Crippen molar-refractivity contribution >= 4 is 15.9 Å². The lowest BCUT2D eigenvalue weighted by Crippen LogP contribution is -2.42. The number of nitrogens with one attached hydrogen (secondary N) is 1. The minimum absolute atomic E-state index is 0.0754. The molecule has 0 heterocycles. The highest BCUT2D eigenvalue weighted by Gasteiger charge is 2.30. The van der Waals surface area contributed by atoms with E-state index in [2.05, 4.69) is 4.72 Å². The summed E-state index contributed by atoms with van der Waals surface area (Å²) in [5.41, 5.74) is 0. The van der Waals surface area contributed by atoms with E-state index in [0.717, 1.165) is 25.7 Å². The van der Waals surface area contributed by atoms with Gasteiger partial charge in [0.05, 0.1) is 5.25 Å². The average Bonchev–Trinajstić information content (AvgIpc) is 1.99. The summed E-state index contributed by atoms with van der Waals surface area (Å²) in [5.74, 6) is -0.391. The highest BCUT2D eigenvalue weighted by atomic mass is 32.2. The highest BCUT2D eigenvalue weighted by molar-refractivity contribution is 7.90. The Bertz CT molecular complexity index is 320. The normalized spacial score (nSPS) is 19.3. The Labute approximate surface area is 91.5 Å². The average molecular weight is 233 g/mol. The second-order valence-electron chi connectivity index (χ2n) is 4.24. The zero-order valence-electron chi connectivity index (χ0n) is 9.32. The number of carbonyl (C=O) groups is 1. The van der Waals surface area contributed by atoms with Gasteiger partial charge in [0.25, 0.3) is 0 Å². The van der Waals surface area contributed by atoms with Crippen molar-refractivity contribution in [2.45, 2.75) is 51.2 Å². The molecular weight excluding hydrogens is 214 g/mol. The molecule has 0 saturated heterocycles. The molecule has 0 unspecified atom stereocenters. The minimum atomic E-state index is -3.44. The number of carbonyl (C=O) groups excluding carboxylic acids is 1. The van der Waals surface area contributed by atoms with E-state index in [9.17, 15) is 13.2 Å². The third-order valence-electron chi connectivity index (χ3n) is 2.94. The van der Waals surface area contributed by atoms with E-state index >= 15 is 0 Å². The van der Waals surface area contributed by atoms with Gasteiger partial charge < -0.3 is 0 Å². The summed E-state index contributed by atoms with van der Waals surface area (Å²) < 4.78 is 25.5. The first kappa shape index (κ1) is 12.5. The monoisotopic (exact) mass is 233 g/mol. The zero-order chi connectivity index (χ0) is 11.5. The molecule has 1 N–H and O–H groups in total. The second-order valence-corrected chi connectivity index (χ2v) is 6.34. The van der Waals surface area contributed by atoms with Gasteiger partial charge in [-0.15, -0.1) is 0 Å². The molecule has 1 aliphatic rings. The van der Waals surface area contributed by atoms with Crippen LogP contribution in [0.4, 0.5) is 0 Å². The molecule has 5 heteroatoms. The lowest BCUT2D eigenvalue weighted by molar-refractivity contribution is -0.125. The summed E-state index contributed by atoms with van der Waals surface area (Å²) >= 11 is 0. The summed E-state index contributed by atoms with van der Waals surface area (Å²) in [6, 6.07) is 0. The van der Waals surface area contributed by atoms with Gasteiger partial charge in [-0.1, -0.05) is 19.8 Å². The molecule has 1 atom stereocenters. The van der Waals surface area contributed by atoms with Gasteiger partial charge in [-0.2, -0.15) is 0 Å². The third-order valence-corrected chi connectivity index (χ3v) is 4.72. The topological polar surface area (TPSA) is 63.2 Å². The first-order valence-corrected chi connectivity index (χ1v) is 7.07. The van der Waals surface area contributed by atoms with Gasteiger partial charge in [0.2, 0.25) is 15.9 Å². The van der Waals surface area contributed by atoms with Crippen LogP contribution in [0.15, 0.2) is 0 Å². The van der Waals surface area contributed by atoms with Crippen LogP contribution in [-0.4, -0.2) is 19.6 Å². The van der Waals surface area contributed by atoms with Crippen molar-refractivity contribution in [1.82, 2.24) is 4.72 Å². The van der Waals surface area contributed by atoms with E-state index < -0.39 is 15.3 Å². The van der Waals surface area contributed by atoms with Gasteiger partial charge in [0.1, 0.15) is 0 Å². The molecule has 1 rings (SSSR count). The number of sulfonamides is 1. The van der Waals surface area contributed by atoms with Gasteiger partial charge in [-0.05, 0) is 26.2 Å². The molecule has 0 aromatic carbocycles. The lowest BCUT2D eigenvalue weighted by atomic mass is 9.85. The Kier molecular flexibility index (Phi) is 4.13. The molecule has 1 aliphatic carbocycles. The second kappa shape index (κ2) is 4.96. The summed E-state index contributed by atoms with van der Waals surface area (Å²) in [6.45, 7) is 3.57. The first-order chi connectivity index (χ1) is 6.97. The predicted molar refractivity (Wildman–Crippen MR) is 58.8 cm³/mol. The molecule has 88 valence electrons. The molecule has 15 heavy (non-hydrogen) atoms. The number of rotatable bonds is 5. The van der Waals surface area contributed by atoms with E-state index in [-0.39, 0.29) is 11.8 Å². The van der Waals surface area contributed by atoms with Crippen LogP contribution in [0.1, 0.15) is 46.0 Å². The van der Waals surface area contributed by atoms with Gasteiger partial charge in [-0.25, -0.2) is 8.42 Å². The fraction of sp³-hybridized carbons (Fsp3) is 0.900. The highest BCUT2D eigenvalue weighted by Crippen LogP contribution is 2.26. The Hall–Kier alpha value is -0.580. The molecule has 0 bridgehead atoms. The number of hydrogen-bond donors (Lipinski definition) is 1. The standard InChI is InChI=1S/C10H19NO3S/c1-3-5-8(2)15(13,14)11-10(12)9-6-4-7-9/h8-9H,3-7H2,1-2H3,(H,11,12)/t8-/m0/s1. The molecule has 0 aliphatic heterocycles. The SMILES string of the molecule is CCC[C@H](C)S(=O)(=O)NC(=O)C1CCC1. The quantitative estimate of drug-likeness (QED) is 0.781. The zero-order valence-corrected chi connectivity index (χ0v) is 10.1. The Morgan fingerprint density at radius 2 is 2.07 bits per heavy atom. The van der Waals surface area contributed by atoms with Crippen LogP contribution >= 0.6 is 0 Å². The van der Waals surface area contributed by atoms with E-state index in [1.807, 2.05) is 6.92 Å². The van der Waals surface area contributed by atoms with Crippen LogP contribution in [0.5, 0.6) is 0 Å². The smallest absolute Gasteiger partial charge is 0.237 e. The van der Waals surface area contributed by atoms with Crippen LogP contribution < -0.4 is 4.72 Å². The van der Waals surface area contributed by atoms with Gasteiger partial charge >= 0.3 is 0 Å². The largest absolute Gasteiger partial charge is 0.274 e. The molecule has 0 spiro atoms. The van der Waals surface area contributed by atoms with E-state index in [1.54, 1.807) is 6.92 Å². The van der Waals surface area contributed by atoms with Crippen LogP contribution in [0.3, 0.4) is 0 Å². The Morgan fingerprint density at radius 3 is 2.47 bits per heavy atom. The van der Waals surface area contributed by atoms with Crippen LogP contribution in [0.2, 0.25) is 0 Å². The van der Waals surface area contributed by atoms with E-state index in [4.69, 9.17) is 0 Å². The summed E-state index contributed by atoms with van der Waals surface area (Å²) in [4.78, 5) is 11.5. The fourth-order valence-electron chi connectivity index (χ4n) is 1.56. The van der Waals surface area contributed by atoms with Crippen molar-refractivity contribution < 1.29 is 13.2 Å². The van der Waals surface area contributed by atoms with Gasteiger partial charge in [0, 0.05) is 5.92 Å². The Balaban J connectivity index is 2.51. The van der Waals surface area contributed by atoms with Crippen molar-refractivity contribution in [2.75, 3.05) is 0 Å². The molecule has 1 saturated carbocycles. The van der Waals surface area contributed by atoms with Gasteiger partial charge in [0.15, 0.2) is 0 Å². The van der Waals surface area contributed by atoms with Crippen LogP contribution in [0, 0.1) is 5.92 Å². The number of amides is 1. The fourth-order valence-corrected chi connectivity index (χ4v) is 2.75. The van der Waals surface area contributed by atoms with Gasteiger partial charge in [-0.3, -0.25) is 9.52 Å². The van der Waals surface area contributed by atoms with Crippen molar-refractivity contribution in [1.29, 1.82) is 0 Å². The number of hydrogen-bond acceptors (Lipinski definition) is 3. The van der Waals surface area contributed by atoms with Crippen molar-refractivity contribution in [3.05, 3.63) is 0 Å². The van der Waals surface area contributed by atoms with Crippen LogP contribution in [0.25, 0.3) is 0 Å². The minimum Gasteiger partial charge on any atom is -0.274 e. The maximum Gasteiger partial charge on any atom is 0.237 e. The molecular formula is C10H19NO3S. The third kappa shape index (κ3) is 3.19. The van der Waals surface area contributed by atoms with E-state index in [1.165, 1.54) is 0 Å². The lowest BCUT2D eigenvalue weighted by Gasteiger charge is -2.24. The molecule has 0 radical (unpaired) electrons. The summed E-state index contributed by atoms with van der Waals surface area (Å²) in [5, 5.41) is -0.480. The van der Waals surface area contributed by atoms with Crippen molar-refractivity contribution in [3.8, 4) is 0 Å². The van der Waals surface area contributed by atoms with Crippen LogP contribution in [-0.2, 0) is 14.8 Å². The maximum absolute atomic E-state index is 11.6. The molecule has 1 amide bonds. The van der Waals surface area contributed by atoms with Crippen molar-refractivity contribution in [3.63, 3.8) is 0 Å². The maximum atomic E-state index is 11.6. The molecule has 0 aromatic heterocycles. The molecule has 0 aromatic rings. The van der Waals surface area contributed by atoms with Crippen molar-refractivity contribution in [2.24, 2.45) is 5.92 Å².